The van der Waals surface area contributed by atoms with Crippen LogP contribution in [-0.4, -0.2) is 31.5 Å². The summed E-state index contributed by atoms with van der Waals surface area (Å²) in [5.41, 5.74) is -0.536. The van der Waals surface area contributed by atoms with Crippen LogP contribution in [0.4, 0.5) is 8.78 Å². The van der Waals surface area contributed by atoms with Crippen LogP contribution >= 0.6 is 0 Å². The fraction of sp³-hybridized carbons (Fsp3) is 0.385. The minimum absolute atomic E-state index is 0.0855. The average molecular weight is 284 g/mol. The van der Waals surface area contributed by atoms with E-state index >= 15 is 0 Å². The number of piperidine rings is 1. The van der Waals surface area contributed by atoms with E-state index in [4.69, 9.17) is 4.74 Å². The first-order chi connectivity index (χ1) is 9.54. The summed E-state index contributed by atoms with van der Waals surface area (Å²) < 4.78 is 31.8. The molecule has 1 saturated heterocycles. The summed E-state index contributed by atoms with van der Waals surface area (Å²) in [5.74, 6) is -3.74. The first-order valence-electron chi connectivity index (χ1n) is 6.15. The zero-order chi connectivity index (χ0) is 14.7. The van der Waals surface area contributed by atoms with E-state index in [0.717, 1.165) is 12.1 Å². The summed E-state index contributed by atoms with van der Waals surface area (Å²) in [6.07, 6.45) is 1.16. The number of methoxy groups -OCH3 is 1. The predicted octanol–water partition coefficient (Wildman–Crippen LogP) is 0.982. The lowest BCUT2D eigenvalue weighted by molar-refractivity contribution is -0.124. The fourth-order valence-corrected chi connectivity index (χ4v) is 2.05. The van der Waals surface area contributed by atoms with E-state index in [2.05, 4.69) is 10.6 Å². The Morgan fingerprint density at radius 1 is 1.45 bits per heavy atom. The molecular weight excluding hydrogens is 270 g/mol. The van der Waals surface area contributed by atoms with Gasteiger partial charge in [-0.15, -0.1) is 0 Å². The number of hydrogen-bond donors (Lipinski definition) is 2. The van der Waals surface area contributed by atoms with Gasteiger partial charge in [-0.1, -0.05) is 0 Å². The molecule has 2 N–H and O–H groups in total. The molecule has 1 aromatic rings. The van der Waals surface area contributed by atoms with E-state index in [0.29, 0.717) is 19.4 Å². The molecule has 1 aliphatic heterocycles. The van der Waals surface area contributed by atoms with Crippen LogP contribution in [0.1, 0.15) is 23.2 Å². The molecule has 5 nitrogen and oxygen atoms in total. The molecule has 0 unspecified atom stereocenters. The third-order valence-electron chi connectivity index (χ3n) is 3.09. The van der Waals surface area contributed by atoms with Crippen LogP contribution < -0.4 is 15.4 Å². The van der Waals surface area contributed by atoms with Crippen LogP contribution in [0.15, 0.2) is 12.1 Å². The van der Waals surface area contributed by atoms with E-state index in [1.165, 1.54) is 7.11 Å². The topological polar surface area (TPSA) is 67.4 Å². The Kier molecular flexibility index (Phi) is 4.16. The normalized spacial score (nSPS) is 18.4. The molecule has 0 bridgehead atoms. The Morgan fingerprint density at radius 2 is 2.20 bits per heavy atom. The Bertz CT molecular complexity index is 549. The van der Waals surface area contributed by atoms with Crippen molar-refractivity contribution in [3.8, 4) is 5.75 Å². The summed E-state index contributed by atoms with van der Waals surface area (Å²) >= 11 is 0. The van der Waals surface area contributed by atoms with Crippen molar-refractivity contribution in [3.63, 3.8) is 0 Å². The Labute approximate surface area is 114 Å². The smallest absolute Gasteiger partial charge is 0.258 e. The standard InChI is InChI=1S/C13H14F2N2O3/c1-20-9-5-4-7(14)11(15)10(9)13(19)17-8-3-2-6-16-12(8)18/h4-5,8H,2-3,6H2,1H3,(H,16,18)(H,17,19)/t8-/m0/s1. The van der Waals surface area contributed by atoms with Gasteiger partial charge < -0.3 is 15.4 Å². The van der Waals surface area contributed by atoms with Gasteiger partial charge in [-0.2, -0.15) is 0 Å². The number of benzene rings is 1. The number of hydrogen-bond acceptors (Lipinski definition) is 3. The van der Waals surface area contributed by atoms with Gasteiger partial charge >= 0.3 is 0 Å². The van der Waals surface area contributed by atoms with Crippen molar-refractivity contribution < 1.29 is 23.1 Å². The number of halogens is 2. The third kappa shape index (κ3) is 2.71. The molecule has 1 fully saturated rings. The van der Waals surface area contributed by atoms with Gasteiger partial charge in [-0.05, 0) is 25.0 Å². The maximum Gasteiger partial charge on any atom is 0.258 e. The van der Waals surface area contributed by atoms with E-state index in [1.54, 1.807) is 0 Å². The molecule has 0 radical (unpaired) electrons. The molecule has 0 aromatic heterocycles. The summed E-state index contributed by atoms with van der Waals surface area (Å²) in [4.78, 5) is 23.6. The second-order valence-electron chi connectivity index (χ2n) is 4.40. The maximum atomic E-state index is 13.7. The molecule has 1 atom stereocenters. The number of carbonyl (C=O) groups excluding carboxylic acids is 2. The van der Waals surface area contributed by atoms with E-state index < -0.39 is 29.1 Å². The number of ether oxygens (including phenoxy) is 1. The van der Waals surface area contributed by atoms with Crippen LogP contribution in [0.2, 0.25) is 0 Å². The number of amides is 2. The van der Waals surface area contributed by atoms with Crippen molar-refractivity contribution in [3.05, 3.63) is 29.3 Å². The summed E-state index contributed by atoms with van der Waals surface area (Å²) in [6, 6.07) is 1.29. The van der Waals surface area contributed by atoms with Gasteiger partial charge in [0.1, 0.15) is 17.4 Å². The lowest BCUT2D eigenvalue weighted by Gasteiger charge is -2.23. The summed E-state index contributed by atoms with van der Waals surface area (Å²) in [7, 11) is 1.25. The van der Waals surface area contributed by atoms with Gasteiger partial charge in [0, 0.05) is 6.54 Å². The number of rotatable bonds is 3. The zero-order valence-corrected chi connectivity index (χ0v) is 10.8. The van der Waals surface area contributed by atoms with Crippen molar-refractivity contribution in [2.75, 3.05) is 13.7 Å². The van der Waals surface area contributed by atoms with Gasteiger partial charge in [0.2, 0.25) is 5.91 Å². The van der Waals surface area contributed by atoms with Crippen molar-refractivity contribution in [2.24, 2.45) is 0 Å². The van der Waals surface area contributed by atoms with Crippen molar-refractivity contribution in [1.29, 1.82) is 0 Å². The minimum Gasteiger partial charge on any atom is -0.496 e. The highest BCUT2D eigenvalue weighted by atomic mass is 19.2. The fourth-order valence-electron chi connectivity index (χ4n) is 2.05. The maximum absolute atomic E-state index is 13.7. The molecule has 7 heteroatoms. The molecule has 0 saturated carbocycles. The van der Waals surface area contributed by atoms with Crippen LogP contribution in [0.5, 0.6) is 5.75 Å². The molecule has 108 valence electrons. The van der Waals surface area contributed by atoms with Gasteiger partial charge in [0.05, 0.1) is 7.11 Å². The second kappa shape index (κ2) is 5.85. The highest BCUT2D eigenvalue weighted by molar-refractivity contribution is 6.00. The van der Waals surface area contributed by atoms with Crippen molar-refractivity contribution in [1.82, 2.24) is 10.6 Å². The van der Waals surface area contributed by atoms with Crippen molar-refractivity contribution >= 4 is 11.8 Å². The monoisotopic (exact) mass is 284 g/mol. The molecule has 0 spiro atoms. The molecule has 1 aliphatic rings. The first kappa shape index (κ1) is 14.2. The Morgan fingerprint density at radius 3 is 2.85 bits per heavy atom. The molecule has 2 amide bonds. The van der Waals surface area contributed by atoms with Crippen LogP contribution in [0, 0.1) is 11.6 Å². The number of carbonyl (C=O) groups is 2. The van der Waals surface area contributed by atoms with Gasteiger partial charge in [-0.3, -0.25) is 9.59 Å². The highest BCUT2D eigenvalue weighted by Gasteiger charge is 2.27. The van der Waals surface area contributed by atoms with Gasteiger partial charge in [0.25, 0.3) is 5.91 Å². The van der Waals surface area contributed by atoms with Crippen LogP contribution in [0.25, 0.3) is 0 Å². The van der Waals surface area contributed by atoms with E-state index in [-0.39, 0.29) is 11.7 Å². The largest absolute Gasteiger partial charge is 0.496 e. The highest BCUT2D eigenvalue weighted by Crippen LogP contribution is 2.23. The Balaban J connectivity index is 2.24. The predicted molar refractivity (Wildman–Crippen MR) is 66.4 cm³/mol. The van der Waals surface area contributed by atoms with E-state index in [1.807, 2.05) is 0 Å². The molecule has 0 aliphatic carbocycles. The van der Waals surface area contributed by atoms with Crippen LogP contribution in [0.3, 0.4) is 0 Å². The molecule has 1 aromatic carbocycles. The second-order valence-corrected chi connectivity index (χ2v) is 4.40. The molecule has 1 heterocycles. The summed E-state index contributed by atoms with van der Waals surface area (Å²) in [6.45, 7) is 0.544. The van der Waals surface area contributed by atoms with Gasteiger partial charge in [0.15, 0.2) is 11.6 Å². The summed E-state index contributed by atoms with van der Waals surface area (Å²) in [5, 5.41) is 4.98. The third-order valence-corrected chi connectivity index (χ3v) is 3.09. The lowest BCUT2D eigenvalue weighted by Crippen LogP contribution is -2.50. The van der Waals surface area contributed by atoms with Gasteiger partial charge in [-0.25, -0.2) is 8.78 Å². The quantitative estimate of drug-likeness (QED) is 0.869. The molecule has 20 heavy (non-hydrogen) atoms. The minimum atomic E-state index is -1.29. The SMILES string of the molecule is COc1ccc(F)c(F)c1C(=O)N[C@H]1CCCNC1=O. The lowest BCUT2D eigenvalue weighted by atomic mass is 10.1. The Hall–Kier alpha value is -2.18. The average Bonchev–Trinajstić information content (AvgIpc) is 2.44. The van der Waals surface area contributed by atoms with E-state index in [9.17, 15) is 18.4 Å². The number of nitrogens with one attached hydrogen (secondary N) is 2. The van der Waals surface area contributed by atoms with Crippen molar-refractivity contribution in [2.45, 2.75) is 18.9 Å². The molecular formula is C13H14F2N2O3. The first-order valence-corrected chi connectivity index (χ1v) is 6.15. The zero-order valence-electron chi connectivity index (χ0n) is 10.8. The van der Waals surface area contributed by atoms with Crippen LogP contribution in [-0.2, 0) is 4.79 Å². The molecule has 2 rings (SSSR count).